The number of fused-ring (bicyclic) bond motifs is 1. The number of benzene rings is 1. The van der Waals surface area contributed by atoms with Crippen LogP contribution in [0.25, 0.3) is 10.2 Å². The summed E-state index contributed by atoms with van der Waals surface area (Å²) in [5, 5.41) is 12.8. The van der Waals surface area contributed by atoms with E-state index < -0.39 is 0 Å². The first-order valence-electron chi connectivity index (χ1n) is 3.23. The number of aromatic nitrogens is 2. The van der Waals surface area contributed by atoms with E-state index in [2.05, 4.69) is 21.8 Å². The van der Waals surface area contributed by atoms with E-state index in [0.29, 0.717) is 11.1 Å². The lowest BCUT2D eigenvalue weighted by atomic mass is 10.2. The fraction of sp³-hybridized carbons (Fsp3) is 0. The fourth-order valence-corrected chi connectivity index (χ4v) is 1.73. The van der Waals surface area contributed by atoms with Crippen molar-refractivity contribution in [3.05, 3.63) is 23.8 Å². The number of hydrogen-bond donors (Lipinski definition) is 1. The zero-order chi connectivity index (χ0) is 8.55. The highest BCUT2D eigenvalue weighted by Crippen LogP contribution is 2.19. The van der Waals surface area contributed by atoms with Crippen molar-refractivity contribution in [3.63, 3.8) is 0 Å². The maximum Gasteiger partial charge on any atom is 0.190 e. The standard InChI is InChI=1S/C7H4N2OS2/c10-7(11)4-2-1-3-5-6(4)8-9-12-5/h1-3H,(H,10,11). The van der Waals surface area contributed by atoms with Gasteiger partial charge < -0.3 is 5.11 Å². The molecule has 0 atom stereocenters. The van der Waals surface area contributed by atoms with Crippen LogP contribution in [0.1, 0.15) is 5.56 Å². The average Bonchev–Trinajstić information content (AvgIpc) is 2.49. The summed E-state index contributed by atoms with van der Waals surface area (Å²) in [4.78, 5) is 0. The maximum absolute atomic E-state index is 9.11. The van der Waals surface area contributed by atoms with E-state index in [1.54, 1.807) is 6.07 Å². The van der Waals surface area contributed by atoms with Crippen LogP contribution in [0.4, 0.5) is 0 Å². The minimum absolute atomic E-state index is 0.131. The number of aliphatic hydroxyl groups is 1. The monoisotopic (exact) mass is 196 g/mol. The Kier molecular flexibility index (Phi) is 1.74. The van der Waals surface area contributed by atoms with Crippen molar-refractivity contribution in [3.8, 4) is 0 Å². The van der Waals surface area contributed by atoms with Crippen molar-refractivity contribution in [1.29, 1.82) is 0 Å². The van der Waals surface area contributed by atoms with Crippen LogP contribution in [0.2, 0.25) is 0 Å². The van der Waals surface area contributed by atoms with Crippen molar-refractivity contribution in [2.75, 3.05) is 0 Å². The van der Waals surface area contributed by atoms with Gasteiger partial charge in [0.1, 0.15) is 5.52 Å². The van der Waals surface area contributed by atoms with E-state index in [9.17, 15) is 0 Å². The van der Waals surface area contributed by atoms with Crippen LogP contribution < -0.4 is 0 Å². The number of rotatable bonds is 1. The number of hydrogen-bond acceptors (Lipinski definition) is 4. The molecule has 0 saturated carbocycles. The van der Waals surface area contributed by atoms with Crippen molar-refractivity contribution in [1.82, 2.24) is 9.59 Å². The van der Waals surface area contributed by atoms with Crippen LogP contribution in [0.3, 0.4) is 0 Å². The molecule has 1 aromatic heterocycles. The molecule has 0 aliphatic carbocycles. The van der Waals surface area contributed by atoms with Crippen LogP contribution in [-0.2, 0) is 0 Å². The molecule has 0 bridgehead atoms. The third-order valence-corrected chi connectivity index (χ3v) is 2.42. The van der Waals surface area contributed by atoms with E-state index in [1.807, 2.05) is 12.1 Å². The predicted octanol–water partition coefficient (Wildman–Crippen LogP) is 1.92. The third kappa shape index (κ3) is 1.07. The van der Waals surface area contributed by atoms with E-state index in [0.717, 1.165) is 4.70 Å². The second-order valence-corrected chi connectivity index (χ2v) is 3.40. The quantitative estimate of drug-likeness (QED) is 0.708. The van der Waals surface area contributed by atoms with Crippen molar-refractivity contribution in [2.24, 2.45) is 0 Å². The van der Waals surface area contributed by atoms with Crippen LogP contribution in [-0.4, -0.2) is 19.7 Å². The normalized spacial score (nSPS) is 10.3. The van der Waals surface area contributed by atoms with E-state index >= 15 is 0 Å². The van der Waals surface area contributed by atoms with Gasteiger partial charge in [0.05, 0.1) is 10.3 Å². The summed E-state index contributed by atoms with van der Waals surface area (Å²) in [5.74, 6) is 0. The van der Waals surface area contributed by atoms with Crippen molar-refractivity contribution in [2.45, 2.75) is 0 Å². The average molecular weight is 196 g/mol. The summed E-state index contributed by atoms with van der Waals surface area (Å²) in [6.07, 6.45) is 0. The Morgan fingerprint density at radius 2 is 2.33 bits per heavy atom. The first kappa shape index (κ1) is 7.57. The molecule has 60 valence electrons. The van der Waals surface area contributed by atoms with Gasteiger partial charge in [-0.1, -0.05) is 10.6 Å². The molecule has 0 saturated heterocycles. The lowest BCUT2D eigenvalue weighted by Crippen LogP contribution is -1.94. The summed E-state index contributed by atoms with van der Waals surface area (Å²) in [6, 6.07) is 5.44. The molecular formula is C7H4N2OS2. The van der Waals surface area contributed by atoms with E-state index in [4.69, 9.17) is 5.11 Å². The van der Waals surface area contributed by atoms with Crippen molar-refractivity contribution < 1.29 is 5.11 Å². The summed E-state index contributed by atoms with van der Waals surface area (Å²) in [7, 11) is 0. The number of thiocarbonyl (C=S) groups is 1. The van der Waals surface area contributed by atoms with Crippen LogP contribution in [0.15, 0.2) is 18.2 Å². The second-order valence-electron chi connectivity index (χ2n) is 2.23. The van der Waals surface area contributed by atoms with Gasteiger partial charge in [0.25, 0.3) is 0 Å². The SMILES string of the molecule is OC(=S)c1cccc2snnc12. The molecule has 0 unspecified atom stereocenters. The van der Waals surface area contributed by atoms with Gasteiger partial charge in [-0.2, -0.15) is 0 Å². The Hall–Kier alpha value is -1.07. The zero-order valence-electron chi connectivity index (χ0n) is 5.89. The highest BCUT2D eigenvalue weighted by atomic mass is 32.1. The Bertz CT molecular complexity index is 438. The molecule has 0 fully saturated rings. The second kappa shape index (κ2) is 2.76. The molecule has 1 N–H and O–H groups in total. The highest BCUT2D eigenvalue weighted by Gasteiger charge is 2.06. The minimum atomic E-state index is -0.131. The Balaban J connectivity index is 2.82. The molecule has 12 heavy (non-hydrogen) atoms. The third-order valence-electron chi connectivity index (χ3n) is 1.51. The van der Waals surface area contributed by atoms with Gasteiger partial charge in [-0.25, -0.2) is 0 Å². The Morgan fingerprint density at radius 1 is 1.50 bits per heavy atom. The van der Waals surface area contributed by atoms with Gasteiger partial charge in [0.2, 0.25) is 0 Å². The van der Waals surface area contributed by atoms with Gasteiger partial charge in [0.15, 0.2) is 5.05 Å². The van der Waals surface area contributed by atoms with Crippen LogP contribution in [0, 0.1) is 0 Å². The molecule has 2 rings (SSSR count). The lowest BCUT2D eigenvalue weighted by molar-refractivity contribution is 0.571. The number of aliphatic hydroxyl groups excluding tert-OH is 1. The molecular weight excluding hydrogens is 192 g/mol. The number of nitrogens with zero attached hydrogens (tertiary/aromatic N) is 2. The first-order chi connectivity index (χ1) is 5.79. The summed E-state index contributed by atoms with van der Waals surface area (Å²) in [5.41, 5.74) is 1.26. The molecule has 0 spiro atoms. The van der Waals surface area contributed by atoms with Gasteiger partial charge in [-0.3, -0.25) is 0 Å². The molecule has 0 aliphatic rings. The molecule has 5 heteroatoms. The maximum atomic E-state index is 9.11. The molecule has 0 aliphatic heterocycles. The van der Waals surface area contributed by atoms with Gasteiger partial charge in [-0.05, 0) is 35.9 Å². The first-order valence-corrected chi connectivity index (χ1v) is 4.41. The molecule has 2 aromatic rings. The summed E-state index contributed by atoms with van der Waals surface area (Å²) >= 11 is 5.93. The Labute approximate surface area is 77.8 Å². The largest absolute Gasteiger partial charge is 0.498 e. The lowest BCUT2D eigenvalue weighted by Gasteiger charge is -1.94. The van der Waals surface area contributed by atoms with Crippen molar-refractivity contribution >= 4 is 39.0 Å². The highest BCUT2D eigenvalue weighted by molar-refractivity contribution is 7.80. The topological polar surface area (TPSA) is 46.0 Å². The van der Waals surface area contributed by atoms with Crippen LogP contribution >= 0.6 is 23.8 Å². The fourth-order valence-electron chi connectivity index (χ4n) is 0.977. The molecule has 0 amide bonds. The van der Waals surface area contributed by atoms with E-state index in [-0.39, 0.29) is 5.05 Å². The summed E-state index contributed by atoms with van der Waals surface area (Å²) < 4.78 is 4.70. The molecule has 0 radical (unpaired) electrons. The zero-order valence-corrected chi connectivity index (χ0v) is 7.52. The predicted molar refractivity (Wildman–Crippen MR) is 51.7 cm³/mol. The Morgan fingerprint density at radius 3 is 3.08 bits per heavy atom. The minimum Gasteiger partial charge on any atom is -0.498 e. The van der Waals surface area contributed by atoms with E-state index in [1.165, 1.54) is 11.5 Å². The van der Waals surface area contributed by atoms with Crippen LogP contribution in [0.5, 0.6) is 0 Å². The molecule has 1 heterocycles. The van der Waals surface area contributed by atoms with Gasteiger partial charge >= 0.3 is 0 Å². The molecule has 3 nitrogen and oxygen atoms in total. The molecule has 1 aromatic carbocycles. The smallest absolute Gasteiger partial charge is 0.190 e. The van der Waals surface area contributed by atoms with Gasteiger partial charge in [0, 0.05) is 0 Å². The summed E-state index contributed by atoms with van der Waals surface area (Å²) in [6.45, 7) is 0. The van der Waals surface area contributed by atoms with Gasteiger partial charge in [-0.15, -0.1) is 5.10 Å².